The molecule has 116 valence electrons. The molecule has 2 fully saturated rings. The van der Waals surface area contributed by atoms with Gasteiger partial charge in [0.05, 0.1) is 18.5 Å². The Kier molecular flexibility index (Phi) is 3.72. The highest BCUT2D eigenvalue weighted by atomic mass is 16.5. The van der Waals surface area contributed by atoms with Crippen LogP contribution in [0.4, 0.5) is 0 Å². The molecule has 3 heterocycles. The van der Waals surface area contributed by atoms with E-state index in [-0.39, 0.29) is 5.60 Å². The van der Waals surface area contributed by atoms with Crippen molar-refractivity contribution < 1.29 is 4.74 Å². The van der Waals surface area contributed by atoms with E-state index >= 15 is 0 Å². The number of hydrogen-bond donors (Lipinski definition) is 1. The maximum Gasteiger partial charge on any atom is 0.0922 e. The van der Waals surface area contributed by atoms with Crippen molar-refractivity contribution in [2.24, 2.45) is 0 Å². The lowest BCUT2D eigenvalue weighted by molar-refractivity contribution is -0.0450. The fraction of sp³-hybridized carbons (Fsp3) is 0.500. The van der Waals surface area contributed by atoms with Crippen LogP contribution in [-0.2, 0) is 11.3 Å². The predicted molar refractivity (Wildman–Crippen MR) is 85.6 cm³/mol. The standard InChI is InChI=1S/C18H23N3O/c1-2-4-15(5-3-1)16-10-18(22-13-16)6-8-21(9-7-18)12-17-11-19-14-20-17/h1-5,11,14,16H,6-10,12-13H2,(H,19,20). The first-order valence-corrected chi connectivity index (χ1v) is 8.22. The zero-order chi connectivity index (χ0) is 14.8. The zero-order valence-electron chi connectivity index (χ0n) is 12.9. The summed E-state index contributed by atoms with van der Waals surface area (Å²) in [5, 5.41) is 0. The second-order valence-corrected chi connectivity index (χ2v) is 6.66. The summed E-state index contributed by atoms with van der Waals surface area (Å²) >= 11 is 0. The average Bonchev–Trinajstić information content (AvgIpc) is 3.21. The summed E-state index contributed by atoms with van der Waals surface area (Å²) in [6.07, 6.45) is 7.14. The molecule has 4 rings (SSSR count). The summed E-state index contributed by atoms with van der Waals surface area (Å²) in [6.45, 7) is 4.07. The van der Waals surface area contributed by atoms with Crippen LogP contribution in [0.5, 0.6) is 0 Å². The van der Waals surface area contributed by atoms with E-state index < -0.39 is 0 Å². The van der Waals surface area contributed by atoms with E-state index in [4.69, 9.17) is 4.74 Å². The minimum Gasteiger partial charge on any atom is -0.374 e. The summed E-state index contributed by atoms with van der Waals surface area (Å²) in [7, 11) is 0. The van der Waals surface area contributed by atoms with Crippen molar-refractivity contribution in [1.29, 1.82) is 0 Å². The number of aromatic nitrogens is 2. The highest BCUT2D eigenvalue weighted by Crippen LogP contribution is 2.42. The number of nitrogens with one attached hydrogen (secondary N) is 1. The molecule has 0 bridgehead atoms. The first-order chi connectivity index (χ1) is 10.8. The topological polar surface area (TPSA) is 41.1 Å². The molecule has 1 atom stereocenters. The Bertz CT molecular complexity index is 588. The molecule has 4 nitrogen and oxygen atoms in total. The quantitative estimate of drug-likeness (QED) is 0.947. The highest BCUT2D eigenvalue weighted by molar-refractivity contribution is 5.21. The Morgan fingerprint density at radius 2 is 2.05 bits per heavy atom. The molecule has 0 amide bonds. The van der Waals surface area contributed by atoms with Crippen molar-refractivity contribution in [1.82, 2.24) is 14.9 Å². The molecule has 1 unspecified atom stereocenters. The fourth-order valence-corrected chi connectivity index (χ4v) is 3.86. The van der Waals surface area contributed by atoms with Crippen LogP contribution in [-0.4, -0.2) is 40.2 Å². The number of hydrogen-bond acceptors (Lipinski definition) is 3. The van der Waals surface area contributed by atoms with E-state index in [2.05, 4.69) is 45.2 Å². The van der Waals surface area contributed by atoms with Crippen molar-refractivity contribution in [3.8, 4) is 0 Å². The molecule has 1 aromatic carbocycles. The third-order valence-corrected chi connectivity index (χ3v) is 5.20. The second-order valence-electron chi connectivity index (χ2n) is 6.66. The number of rotatable bonds is 3. The van der Waals surface area contributed by atoms with Gasteiger partial charge in [-0.05, 0) is 24.8 Å². The Balaban J connectivity index is 1.35. The van der Waals surface area contributed by atoms with Gasteiger partial charge in [-0.2, -0.15) is 0 Å². The van der Waals surface area contributed by atoms with Crippen molar-refractivity contribution in [2.75, 3.05) is 19.7 Å². The van der Waals surface area contributed by atoms with E-state index in [9.17, 15) is 0 Å². The monoisotopic (exact) mass is 297 g/mol. The van der Waals surface area contributed by atoms with Gasteiger partial charge >= 0.3 is 0 Å². The van der Waals surface area contributed by atoms with Gasteiger partial charge in [0.1, 0.15) is 0 Å². The van der Waals surface area contributed by atoms with E-state index in [1.165, 1.54) is 17.7 Å². The van der Waals surface area contributed by atoms with E-state index in [0.717, 1.165) is 39.1 Å². The molecule has 1 spiro atoms. The lowest BCUT2D eigenvalue weighted by atomic mass is 9.83. The van der Waals surface area contributed by atoms with Gasteiger partial charge in [-0.3, -0.25) is 4.90 Å². The number of aromatic amines is 1. The van der Waals surface area contributed by atoms with Gasteiger partial charge in [-0.15, -0.1) is 0 Å². The predicted octanol–water partition coefficient (Wildman–Crippen LogP) is 2.95. The summed E-state index contributed by atoms with van der Waals surface area (Å²) in [4.78, 5) is 9.78. The van der Waals surface area contributed by atoms with Crippen LogP contribution in [0.3, 0.4) is 0 Å². The molecule has 2 aromatic rings. The van der Waals surface area contributed by atoms with Crippen molar-refractivity contribution >= 4 is 0 Å². The van der Waals surface area contributed by atoms with Crippen LogP contribution in [0.2, 0.25) is 0 Å². The lowest BCUT2D eigenvalue weighted by Gasteiger charge is -2.38. The summed E-state index contributed by atoms with van der Waals surface area (Å²) in [6, 6.07) is 10.8. The number of likely N-dealkylation sites (tertiary alicyclic amines) is 1. The van der Waals surface area contributed by atoms with E-state index in [1.54, 1.807) is 6.33 Å². The molecule has 22 heavy (non-hydrogen) atoms. The van der Waals surface area contributed by atoms with Gasteiger partial charge in [-0.25, -0.2) is 4.98 Å². The molecule has 0 saturated carbocycles. The van der Waals surface area contributed by atoms with Gasteiger partial charge in [0.25, 0.3) is 0 Å². The number of ether oxygens (including phenoxy) is 1. The molecule has 4 heteroatoms. The van der Waals surface area contributed by atoms with Crippen molar-refractivity contribution in [3.63, 3.8) is 0 Å². The number of imidazole rings is 1. The highest BCUT2D eigenvalue weighted by Gasteiger charge is 2.42. The van der Waals surface area contributed by atoms with Crippen LogP contribution in [0.15, 0.2) is 42.9 Å². The van der Waals surface area contributed by atoms with Crippen LogP contribution in [0.25, 0.3) is 0 Å². The molecule has 1 aromatic heterocycles. The maximum absolute atomic E-state index is 6.29. The molecular formula is C18H23N3O. The summed E-state index contributed by atoms with van der Waals surface area (Å²) in [5.41, 5.74) is 2.75. The first kappa shape index (κ1) is 14.0. The minimum absolute atomic E-state index is 0.116. The minimum atomic E-state index is 0.116. The fourth-order valence-electron chi connectivity index (χ4n) is 3.86. The third-order valence-electron chi connectivity index (χ3n) is 5.20. The molecular weight excluding hydrogens is 274 g/mol. The van der Waals surface area contributed by atoms with Gasteiger partial charge in [0.15, 0.2) is 0 Å². The Labute approximate surface area is 131 Å². The first-order valence-electron chi connectivity index (χ1n) is 8.22. The van der Waals surface area contributed by atoms with Gasteiger partial charge in [0.2, 0.25) is 0 Å². The van der Waals surface area contributed by atoms with Crippen LogP contribution in [0.1, 0.15) is 36.4 Å². The van der Waals surface area contributed by atoms with Crippen molar-refractivity contribution in [2.45, 2.75) is 37.3 Å². The molecule has 0 radical (unpaired) electrons. The van der Waals surface area contributed by atoms with Crippen LogP contribution < -0.4 is 0 Å². The number of H-pyrrole nitrogens is 1. The molecule has 1 N–H and O–H groups in total. The Morgan fingerprint density at radius 1 is 1.23 bits per heavy atom. The largest absolute Gasteiger partial charge is 0.374 e. The SMILES string of the molecule is c1ccc(C2COC3(CCN(Cc4cnc[nH]4)CC3)C2)cc1. The van der Waals surface area contributed by atoms with Crippen molar-refractivity contribution in [3.05, 3.63) is 54.1 Å². The Hall–Kier alpha value is -1.65. The van der Waals surface area contributed by atoms with E-state index in [0.29, 0.717) is 5.92 Å². The van der Waals surface area contributed by atoms with Gasteiger partial charge in [0, 0.05) is 37.4 Å². The number of nitrogens with zero attached hydrogens (tertiary/aromatic N) is 2. The van der Waals surface area contributed by atoms with Crippen LogP contribution in [0, 0.1) is 0 Å². The summed E-state index contributed by atoms with van der Waals surface area (Å²) < 4.78 is 6.29. The second kappa shape index (κ2) is 5.86. The maximum atomic E-state index is 6.29. The normalized spacial score (nSPS) is 24.8. The third kappa shape index (κ3) is 2.81. The number of piperidine rings is 1. The van der Waals surface area contributed by atoms with Crippen LogP contribution >= 0.6 is 0 Å². The van der Waals surface area contributed by atoms with E-state index in [1.807, 2.05) is 6.20 Å². The molecule has 2 aliphatic rings. The molecule has 2 saturated heterocycles. The average molecular weight is 297 g/mol. The number of benzene rings is 1. The smallest absolute Gasteiger partial charge is 0.0922 e. The molecule has 0 aliphatic carbocycles. The lowest BCUT2D eigenvalue weighted by Crippen LogP contribution is -2.43. The Morgan fingerprint density at radius 3 is 2.77 bits per heavy atom. The summed E-state index contributed by atoms with van der Waals surface area (Å²) in [5.74, 6) is 0.570. The van der Waals surface area contributed by atoms with Gasteiger partial charge in [-0.1, -0.05) is 30.3 Å². The molecule has 2 aliphatic heterocycles. The zero-order valence-corrected chi connectivity index (χ0v) is 12.9. The van der Waals surface area contributed by atoms with Gasteiger partial charge < -0.3 is 9.72 Å².